The Balaban J connectivity index is 3.14. The van der Waals surface area contributed by atoms with Crippen molar-refractivity contribution >= 4 is 17.5 Å². The number of hydrogen-bond acceptors (Lipinski definition) is 5. The molecule has 120 valence electrons. The van der Waals surface area contributed by atoms with Gasteiger partial charge in [0.15, 0.2) is 11.3 Å². The minimum Gasteiger partial charge on any atom is -0.475 e. The number of rotatable bonds is 8. The maximum absolute atomic E-state index is 12.5. The Morgan fingerprint density at radius 1 is 1.18 bits per heavy atom. The smallest absolute Gasteiger partial charge is 0.374 e. The maximum Gasteiger partial charge on any atom is 0.374 e. The summed E-state index contributed by atoms with van der Waals surface area (Å²) in [5.41, 5.74) is 10.2. The van der Waals surface area contributed by atoms with Crippen molar-refractivity contribution in [3.05, 3.63) is 35.9 Å². The molecular weight excluding hydrogens is 284 g/mol. The van der Waals surface area contributed by atoms with E-state index in [-0.39, 0.29) is 12.3 Å². The standard InChI is InChI=1S/C16H22N2O4/c1-10(2)8-12(17)13(19)16(18,14(20)15(21)22)9-11-6-4-3-5-7-11/h3-7,10,12H,8-9,17-18H2,1-2H3,(H,21,22)/t12-,16-/m0/s1. The lowest BCUT2D eigenvalue weighted by atomic mass is 9.79. The molecule has 0 radical (unpaired) electrons. The molecule has 0 saturated heterocycles. The van der Waals surface area contributed by atoms with Gasteiger partial charge in [0.25, 0.3) is 5.78 Å². The molecule has 0 aliphatic carbocycles. The monoisotopic (exact) mass is 306 g/mol. The predicted molar refractivity (Wildman–Crippen MR) is 82.1 cm³/mol. The van der Waals surface area contributed by atoms with Crippen molar-refractivity contribution in [2.45, 2.75) is 38.3 Å². The minimum absolute atomic E-state index is 0.125. The molecule has 1 rings (SSSR count). The van der Waals surface area contributed by atoms with Crippen molar-refractivity contribution in [2.75, 3.05) is 0 Å². The van der Waals surface area contributed by atoms with Crippen LogP contribution < -0.4 is 11.5 Å². The van der Waals surface area contributed by atoms with Gasteiger partial charge in [0, 0.05) is 6.42 Å². The van der Waals surface area contributed by atoms with Gasteiger partial charge in [-0.05, 0) is 17.9 Å². The molecule has 0 amide bonds. The van der Waals surface area contributed by atoms with Gasteiger partial charge >= 0.3 is 5.97 Å². The molecule has 0 saturated carbocycles. The highest BCUT2D eigenvalue weighted by atomic mass is 16.4. The van der Waals surface area contributed by atoms with E-state index in [1.54, 1.807) is 30.3 Å². The van der Waals surface area contributed by atoms with Crippen LogP contribution in [0.15, 0.2) is 30.3 Å². The largest absolute Gasteiger partial charge is 0.475 e. The van der Waals surface area contributed by atoms with E-state index in [1.165, 1.54) is 0 Å². The van der Waals surface area contributed by atoms with Crippen LogP contribution in [0.1, 0.15) is 25.8 Å². The zero-order valence-electron chi connectivity index (χ0n) is 12.8. The molecule has 0 unspecified atom stereocenters. The Hall–Kier alpha value is -2.05. The van der Waals surface area contributed by atoms with E-state index in [0.29, 0.717) is 12.0 Å². The summed E-state index contributed by atoms with van der Waals surface area (Å²) in [7, 11) is 0. The fourth-order valence-electron chi connectivity index (χ4n) is 2.33. The molecule has 5 N–H and O–H groups in total. The Morgan fingerprint density at radius 2 is 1.73 bits per heavy atom. The lowest BCUT2D eigenvalue weighted by Gasteiger charge is -2.28. The molecule has 6 heteroatoms. The Kier molecular flexibility index (Phi) is 5.96. The van der Waals surface area contributed by atoms with Crippen molar-refractivity contribution in [1.29, 1.82) is 0 Å². The summed E-state index contributed by atoms with van der Waals surface area (Å²) in [5, 5.41) is 8.99. The maximum atomic E-state index is 12.5. The Labute approximate surface area is 129 Å². The molecule has 2 atom stereocenters. The molecule has 1 aromatic carbocycles. The molecule has 6 nitrogen and oxygen atoms in total. The first-order valence-corrected chi connectivity index (χ1v) is 7.09. The molecule has 0 bridgehead atoms. The minimum atomic E-state index is -2.15. The van der Waals surface area contributed by atoms with E-state index in [4.69, 9.17) is 16.6 Å². The molecule has 0 heterocycles. The first-order chi connectivity index (χ1) is 10.2. The van der Waals surface area contributed by atoms with Gasteiger partial charge in [-0.3, -0.25) is 9.59 Å². The molecule has 0 aliphatic heterocycles. The number of Topliss-reactive ketones (excluding diaryl/α,β-unsaturated/α-hetero) is 2. The zero-order chi connectivity index (χ0) is 16.9. The normalized spacial score (nSPS) is 15.1. The number of benzene rings is 1. The highest BCUT2D eigenvalue weighted by Gasteiger charge is 2.47. The SMILES string of the molecule is CC(C)C[C@H](N)C(=O)[C@@](N)(Cc1ccccc1)C(=O)C(=O)O. The summed E-state index contributed by atoms with van der Waals surface area (Å²) < 4.78 is 0. The van der Waals surface area contributed by atoms with Crippen molar-refractivity contribution in [3.8, 4) is 0 Å². The second kappa shape index (κ2) is 7.29. The molecule has 0 aliphatic rings. The van der Waals surface area contributed by atoms with Gasteiger partial charge in [0.05, 0.1) is 6.04 Å². The summed E-state index contributed by atoms with van der Waals surface area (Å²) in [4.78, 5) is 35.6. The fourth-order valence-corrected chi connectivity index (χ4v) is 2.33. The molecule has 0 aromatic heterocycles. The van der Waals surface area contributed by atoms with Crippen molar-refractivity contribution in [1.82, 2.24) is 0 Å². The van der Waals surface area contributed by atoms with Crippen LogP contribution in [-0.4, -0.2) is 34.2 Å². The van der Waals surface area contributed by atoms with Crippen molar-refractivity contribution < 1.29 is 19.5 Å². The Morgan fingerprint density at radius 3 is 2.18 bits per heavy atom. The number of nitrogens with two attached hydrogens (primary N) is 2. The topological polar surface area (TPSA) is 123 Å². The van der Waals surface area contributed by atoms with Gasteiger partial charge in [0.1, 0.15) is 0 Å². The fraction of sp³-hybridized carbons (Fsp3) is 0.438. The molecule has 0 spiro atoms. The Bertz CT molecular complexity index is 557. The van der Waals surface area contributed by atoms with Gasteiger partial charge in [0.2, 0.25) is 0 Å². The number of carboxylic acids is 1. The summed E-state index contributed by atoms with van der Waals surface area (Å²) in [5.74, 6) is -3.68. The van der Waals surface area contributed by atoms with E-state index in [1.807, 2.05) is 13.8 Å². The van der Waals surface area contributed by atoms with Crippen LogP contribution in [0.25, 0.3) is 0 Å². The van der Waals surface area contributed by atoms with E-state index in [9.17, 15) is 14.4 Å². The highest BCUT2D eigenvalue weighted by molar-refractivity contribution is 6.42. The van der Waals surface area contributed by atoms with Crippen LogP contribution in [0, 0.1) is 5.92 Å². The quantitative estimate of drug-likeness (QED) is 0.475. The first kappa shape index (κ1) is 18.0. The summed E-state index contributed by atoms with van der Waals surface area (Å²) in [6, 6.07) is 7.60. The lowest BCUT2D eigenvalue weighted by molar-refractivity contribution is -0.154. The lowest BCUT2D eigenvalue weighted by Crippen LogP contribution is -2.63. The van der Waals surface area contributed by atoms with Gasteiger partial charge < -0.3 is 16.6 Å². The number of ketones is 2. The average molecular weight is 306 g/mol. The van der Waals surface area contributed by atoms with Crippen LogP contribution in [0.2, 0.25) is 0 Å². The third kappa shape index (κ3) is 4.22. The third-order valence-electron chi connectivity index (χ3n) is 3.43. The van der Waals surface area contributed by atoms with Crippen LogP contribution in [0.3, 0.4) is 0 Å². The van der Waals surface area contributed by atoms with Crippen LogP contribution in [0.4, 0.5) is 0 Å². The van der Waals surface area contributed by atoms with Gasteiger partial charge in [-0.15, -0.1) is 0 Å². The summed E-state index contributed by atoms with van der Waals surface area (Å²) in [6.45, 7) is 3.75. The van der Waals surface area contributed by atoms with Gasteiger partial charge in [-0.1, -0.05) is 44.2 Å². The number of carbonyl (C=O) groups is 3. The van der Waals surface area contributed by atoms with Crippen molar-refractivity contribution in [3.63, 3.8) is 0 Å². The van der Waals surface area contributed by atoms with Crippen LogP contribution >= 0.6 is 0 Å². The number of carboxylic acid groups (broad SMARTS) is 1. The van der Waals surface area contributed by atoms with Crippen LogP contribution in [0.5, 0.6) is 0 Å². The highest BCUT2D eigenvalue weighted by Crippen LogP contribution is 2.18. The first-order valence-electron chi connectivity index (χ1n) is 7.09. The zero-order valence-corrected chi connectivity index (χ0v) is 12.8. The van der Waals surface area contributed by atoms with Gasteiger partial charge in [-0.25, -0.2) is 4.79 Å². The summed E-state index contributed by atoms with van der Waals surface area (Å²) in [6.07, 6.45) is 0.142. The molecule has 22 heavy (non-hydrogen) atoms. The van der Waals surface area contributed by atoms with Crippen molar-refractivity contribution in [2.24, 2.45) is 17.4 Å². The number of carbonyl (C=O) groups excluding carboxylic acids is 2. The second-order valence-corrected chi connectivity index (χ2v) is 5.87. The molecular formula is C16H22N2O4. The predicted octanol–water partition coefficient (Wildman–Crippen LogP) is 0.523. The van der Waals surface area contributed by atoms with Gasteiger partial charge in [-0.2, -0.15) is 0 Å². The number of hydrogen-bond donors (Lipinski definition) is 3. The summed E-state index contributed by atoms with van der Waals surface area (Å²) >= 11 is 0. The third-order valence-corrected chi connectivity index (χ3v) is 3.43. The van der Waals surface area contributed by atoms with E-state index >= 15 is 0 Å². The van der Waals surface area contributed by atoms with E-state index in [0.717, 1.165) is 0 Å². The second-order valence-electron chi connectivity index (χ2n) is 5.87. The molecule has 0 fully saturated rings. The average Bonchev–Trinajstić information content (AvgIpc) is 2.45. The van der Waals surface area contributed by atoms with E-state index < -0.39 is 29.1 Å². The molecule has 1 aromatic rings. The van der Waals surface area contributed by atoms with Crippen LogP contribution in [-0.2, 0) is 20.8 Å². The van der Waals surface area contributed by atoms with E-state index in [2.05, 4.69) is 0 Å². The number of aliphatic carboxylic acids is 1.